The molecule has 21 heavy (non-hydrogen) atoms. The van der Waals surface area contributed by atoms with E-state index in [1.54, 1.807) is 36.9 Å². The topological polar surface area (TPSA) is 98.2 Å². The zero-order valence-corrected chi connectivity index (χ0v) is 11.6. The number of nitrogens with one attached hydrogen (secondary N) is 1. The van der Waals surface area contributed by atoms with Crippen LogP contribution in [-0.4, -0.2) is 18.6 Å². The van der Waals surface area contributed by atoms with E-state index in [1.807, 2.05) is 0 Å². The van der Waals surface area contributed by atoms with Crippen LogP contribution in [0.15, 0.2) is 63.2 Å². The van der Waals surface area contributed by atoms with E-state index in [2.05, 4.69) is 19.4 Å². The Morgan fingerprint density at radius 3 is 2.67 bits per heavy atom. The molecule has 1 N–H and O–H groups in total. The van der Waals surface area contributed by atoms with Gasteiger partial charge in [-0.3, -0.25) is 4.98 Å². The van der Waals surface area contributed by atoms with Crippen molar-refractivity contribution < 1.29 is 17.4 Å². The Balaban J connectivity index is 1.69. The molecule has 0 saturated carbocycles. The maximum atomic E-state index is 11.9. The first-order valence-electron chi connectivity index (χ1n) is 6.02. The minimum Gasteiger partial charge on any atom is -0.472 e. The molecule has 108 valence electrons. The van der Waals surface area contributed by atoms with Gasteiger partial charge in [-0.25, -0.2) is 13.1 Å². The molecule has 3 rings (SSSR count). The first kappa shape index (κ1) is 13.5. The van der Waals surface area contributed by atoms with Gasteiger partial charge in [-0.05, 0) is 17.7 Å². The van der Waals surface area contributed by atoms with Crippen LogP contribution >= 0.6 is 0 Å². The minimum absolute atomic E-state index is 0.00882. The van der Waals surface area contributed by atoms with Crippen molar-refractivity contribution in [3.05, 3.63) is 54.9 Å². The van der Waals surface area contributed by atoms with Gasteiger partial charge in [0.25, 0.3) is 0 Å². The van der Waals surface area contributed by atoms with Crippen LogP contribution in [0, 0.1) is 0 Å². The number of aromatic nitrogens is 2. The van der Waals surface area contributed by atoms with Crippen molar-refractivity contribution in [3.8, 4) is 11.3 Å². The molecule has 0 aliphatic rings. The summed E-state index contributed by atoms with van der Waals surface area (Å²) >= 11 is 0. The summed E-state index contributed by atoms with van der Waals surface area (Å²) in [6.07, 6.45) is 6.98. The van der Waals surface area contributed by atoms with E-state index in [9.17, 15) is 8.42 Å². The summed E-state index contributed by atoms with van der Waals surface area (Å²) in [5.74, 6) is 0. The summed E-state index contributed by atoms with van der Waals surface area (Å²) in [5, 5.41) is 3.37. The molecule has 0 aromatic carbocycles. The summed E-state index contributed by atoms with van der Waals surface area (Å²) in [7, 11) is -3.62. The third-order valence-corrected chi connectivity index (χ3v) is 4.17. The molecule has 0 aliphatic heterocycles. The lowest BCUT2D eigenvalue weighted by Gasteiger charge is -2.04. The van der Waals surface area contributed by atoms with Crippen molar-refractivity contribution >= 4 is 10.0 Å². The van der Waals surface area contributed by atoms with E-state index < -0.39 is 10.0 Å². The number of pyridine rings is 1. The zero-order valence-electron chi connectivity index (χ0n) is 10.8. The number of nitrogens with zero attached hydrogens (tertiary/aromatic N) is 2. The molecule has 0 radical (unpaired) electrons. The number of rotatable bonds is 5. The van der Waals surface area contributed by atoms with Gasteiger partial charge in [0.05, 0.1) is 24.4 Å². The van der Waals surface area contributed by atoms with Gasteiger partial charge in [-0.15, -0.1) is 0 Å². The van der Waals surface area contributed by atoms with E-state index in [4.69, 9.17) is 4.42 Å². The van der Waals surface area contributed by atoms with E-state index in [-0.39, 0.29) is 11.4 Å². The molecular formula is C13H11N3O4S. The summed E-state index contributed by atoms with van der Waals surface area (Å²) < 4.78 is 35.7. The second-order valence-corrected chi connectivity index (χ2v) is 6.02. The Labute approximate surface area is 120 Å². The highest BCUT2D eigenvalue weighted by Gasteiger charge is 2.15. The van der Waals surface area contributed by atoms with E-state index in [0.29, 0.717) is 0 Å². The summed E-state index contributed by atoms with van der Waals surface area (Å²) in [6.45, 7) is 0.131. The SMILES string of the molecule is O=S(=O)(NCc1ccc(-c2ccoc2)nc1)c1cnoc1. The van der Waals surface area contributed by atoms with Gasteiger partial charge in [-0.1, -0.05) is 11.2 Å². The van der Waals surface area contributed by atoms with Gasteiger partial charge in [0.15, 0.2) is 0 Å². The summed E-state index contributed by atoms with van der Waals surface area (Å²) in [5.41, 5.74) is 2.36. The quantitative estimate of drug-likeness (QED) is 0.772. The Kier molecular flexibility index (Phi) is 3.55. The Morgan fingerprint density at radius 2 is 2.05 bits per heavy atom. The molecule has 3 aromatic rings. The lowest BCUT2D eigenvalue weighted by Crippen LogP contribution is -2.22. The van der Waals surface area contributed by atoms with Gasteiger partial charge < -0.3 is 8.94 Å². The summed E-state index contributed by atoms with van der Waals surface area (Å²) in [6, 6.07) is 5.40. The van der Waals surface area contributed by atoms with Crippen LogP contribution in [0.3, 0.4) is 0 Å². The van der Waals surface area contributed by atoms with Crippen LogP contribution < -0.4 is 4.72 Å². The average molecular weight is 305 g/mol. The fourth-order valence-corrected chi connectivity index (χ4v) is 2.57. The highest BCUT2D eigenvalue weighted by molar-refractivity contribution is 7.89. The second-order valence-electron chi connectivity index (χ2n) is 4.25. The third kappa shape index (κ3) is 3.01. The van der Waals surface area contributed by atoms with Crippen LogP contribution in [-0.2, 0) is 16.6 Å². The molecule has 0 fully saturated rings. The molecule has 0 spiro atoms. The highest BCUT2D eigenvalue weighted by atomic mass is 32.2. The third-order valence-electron chi connectivity index (χ3n) is 2.83. The van der Waals surface area contributed by atoms with Gasteiger partial charge in [-0.2, -0.15) is 0 Å². The first-order valence-corrected chi connectivity index (χ1v) is 7.50. The largest absolute Gasteiger partial charge is 0.472 e. The Morgan fingerprint density at radius 1 is 1.14 bits per heavy atom. The van der Waals surface area contributed by atoms with Gasteiger partial charge in [0, 0.05) is 18.3 Å². The van der Waals surface area contributed by atoms with E-state index >= 15 is 0 Å². The van der Waals surface area contributed by atoms with Crippen LogP contribution in [0.1, 0.15) is 5.56 Å². The Bertz CT molecular complexity index is 794. The first-order chi connectivity index (χ1) is 10.1. The molecular weight excluding hydrogens is 294 g/mol. The van der Waals surface area contributed by atoms with Gasteiger partial charge >= 0.3 is 0 Å². The second kappa shape index (κ2) is 5.51. The molecule has 3 heterocycles. The smallest absolute Gasteiger partial charge is 0.245 e. The Hall–Kier alpha value is -2.45. The predicted molar refractivity (Wildman–Crippen MR) is 72.5 cm³/mol. The fraction of sp³-hybridized carbons (Fsp3) is 0.0769. The number of furan rings is 1. The maximum Gasteiger partial charge on any atom is 0.245 e. The fourth-order valence-electron chi connectivity index (χ4n) is 1.70. The molecule has 8 heteroatoms. The van der Waals surface area contributed by atoms with Crippen molar-refractivity contribution in [2.45, 2.75) is 11.4 Å². The van der Waals surface area contributed by atoms with Crippen molar-refractivity contribution in [2.24, 2.45) is 0 Å². The monoisotopic (exact) mass is 305 g/mol. The molecule has 7 nitrogen and oxygen atoms in total. The van der Waals surface area contributed by atoms with Crippen molar-refractivity contribution in [2.75, 3.05) is 0 Å². The van der Waals surface area contributed by atoms with Crippen molar-refractivity contribution in [1.82, 2.24) is 14.9 Å². The van der Waals surface area contributed by atoms with Crippen LogP contribution in [0.4, 0.5) is 0 Å². The van der Waals surface area contributed by atoms with Crippen LogP contribution in [0.25, 0.3) is 11.3 Å². The standard InChI is InChI=1S/C13H11N3O4S/c17-21(18,12-7-15-20-9-12)16-6-10-1-2-13(14-5-10)11-3-4-19-8-11/h1-5,7-9,16H,6H2. The molecule has 0 atom stereocenters. The predicted octanol–water partition coefficient (Wildman–Crippen LogP) is 1.81. The van der Waals surface area contributed by atoms with Crippen LogP contribution in [0.5, 0.6) is 0 Å². The normalized spacial score (nSPS) is 11.6. The zero-order chi connectivity index (χ0) is 14.7. The lowest BCUT2D eigenvalue weighted by atomic mass is 10.2. The molecule has 0 amide bonds. The molecule has 3 aromatic heterocycles. The highest BCUT2D eigenvalue weighted by Crippen LogP contribution is 2.17. The average Bonchev–Trinajstić information content (AvgIpc) is 3.19. The van der Waals surface area contributed by atoms with Crippen LogP contribution in [0.2, 0.25) is 0 Å². The van der Waals surface area contributed by atoms with E-state index in [0.717, 1.165) is 29.3 Å². The number of hydrogen-bond donors (Lipinski definition) is 1. The maximum absolute atomic E-state index is 11.9. The molecule has 0 bridgehead atoms. The summed E-state index contributed by atoms with van der Waals surface area (Å²) in [4.78, 5) is 4.25. The van der Waals surface area contributed by atoms with Gasteiger partial charge in [0.1, 0.15) is 11.2 Å². The van der Waals surface area contributed by atoms with Gasteiger partial charge in [0.2, 0.25) is 10.0 Å². The number of sulfonamides is 1. The lowest BCUT2D eigenvalue weighted by molar-refractivity contribution is 0.417. The molecule has 0 saturated heterocycles. The number of hydrogen-bond acceptors (Lipinski definition) is 6. The van der Waals surface area contributed by atoms with Crippen molar-refractivity contribution in [3.63, 3.8) is 0 Å². The molecule has 0 aliphatic carbocycles. The molecule has 0 unspecified atom stereocenters. The minimum atomic E-state index is -3.62. The van der Waals surface area contributed by atoms with E-state index in [1.165, 1.54) is 0 Å². The van der Waals surface area contributed by atoms with Crippen molar-refractivity contribution in [1.29, 1.82) is 0 Å².